The molecule has 0 unspecified atom stereocenters. The van der Waals surface area contributed by atoms with Crippen LogP contribution in [0, 0.1) is 6.92 Å². The molecule has 0 aliphatic rings. The van der Waals surface area contributed by atoms with Gasteiger partial charge in [0.05, 0.1) is 6.20 Å². The van der Waals surface area contributed by atoms with Crippen molar-refractivity contribution in [3.63, 3.8) is 0 Å². The number of benzene rings is 2. The van der Waals surface area contributed by atoms with E-state index in [9.17, 15) is 9.59 Å². The monoisotopic (exact) mass is 380 g/mol. The number of hydrogen-bond acceptors (Lipinski definition) is 3. The predicted molar refractivity (Wildman–Crippen MR) is 106 cm³/mol. The Bertz CT molecular complexity index is 1210. The Morgan fingerprint density at radius 1 is 1.19 bits per heavy atom. The normalized spacial score (nSPS) is 11.2. The smallest absolute Gasteiger partial charge is 0.291 e. The first-order valence-corrected chi connectivity index (χ1v) is 8.88. The van der Waals surface area contributed by atoms with Crippen molar-refractivity contribution in [2.45, 2.75) is 20.0 Å². The van der Waals surface area contributed by atoms with Gasteiger partial charge in [0.25, 0.3) is 5.56 Å². The Kier molecular flexibility index (Phi) is 4.41. The van der Waals surface area contributed by atoms with Crippen molar-refractivity contribution in [2.24, 2.45) is 0 Å². The quantitative estimate of drug-likeness (QED) is 0.570. The van der Waals surface area contributed by atoms with Crippen LogP contribution in [0.5, 0.6) is 0 Å². The lowest BCUT2D eigenvalue weighted by Gasteiger charge is -2.07. The minimum Gasteiger partial charge on any atom is -0.350 e. The molecule has 0 spiro atoms. The number of rotatable bonds is 4. The summed E-state index contributed by atoms with van der Waals surface area (Å²) in [5.41, 5.74) is 3.04. The maximum absolute atomic E-state index is 12.7. The van der Waals surface area contributed by atoms with Crippen LogP contribution in [0.2, 0.25) is 5.02 Å². The molecule has 7 heteroatoms. The number of halogens is 1. The number of H-pyrrole nitrogens is 1. The highest BCUT2D eigenvalue weighted by Crippen LogP contribution is 2.23. The van der Waals surface area contributed by atoms with Gasteiger partial charge in [0.1, 0.15) is 12.1 Å². The van der Waals surface area contributed by atoms with E-state index in [1.807, 2.05) is 37.3 Å². The van der Waals surface area contributed by atoms with E-state index in [0.29, 0.717) is 17.1 Å². The van der Waals surface area contributed by atoms with Crippen LogP contribution in [0.3, 0.4) is 0 Å². The molecule has 136 valence electrons. The number of carbonyl (C=O) groups excluding carboxylic acids is 1. The molecule has 2 aromatic carbocycles. The number of fused-ring (bicyclic) bond motifs is 3. The van der Waals surface area contributed by atoms with Crippen LogP contribution in [-0.2, 0) is 17.9 Å². The van der Waals surface area contributed by atoms with Gasteiger partial charge in [0.15, 0.2) is 0 Å². The van der Waals surface area contributed by atoms with Crippen LogP contribution in [0.1, 0.15) is 11.1 Å². The van der Waals surface area contributed by atoms with E-state index in [1.165, 1.54) is 4.68 Å². The van der Waals surface area contributed by atoms with Crippen molar-refractivity contribution in [3.05, 3.63) is 75.2 Å². The number of aromatic nitrogens is 3. The molecule has 1 amide bonds. The lowest BCUT2D eigenvalue weighted by molar-refractivity contribution is -0.122. The molecule has 0 saturated carbocycles. The highest BCUT2D eigenvalue weighted by molar-refractivity contribution is 6.30. The predicted octanol–water partition coefficient (Wildman–Crippen LogP) is 3.16. The fraction of sp³-hybridized carbons (Fsp3) is 0.150. The van der Waals surface area contributed by atoms with Crippen LogP contribution < -0.4 is 10.9 Å². The van der Waals surface area contributed by atoms with Crippen molar-refractivity contribution in [2.75, 3.05) is 0 Å². The molecular weight excluding hydrogens is 364 g/mol. The van der Waals surface area contributed by atoms with E-state index >= 15 is 0 Å². The molecule has 0 atom stereocenters. The van der Waals surface area contributed by atoms with Gasteiger partial charge in [-0.3, -0.25) is 9.59 Å². The van der Waals surface area contributed by atoms with Gasteiger partial charge in [0.2, 0.25) is 5.91 Å². The number of nitrogens with one attached hydrogen (secondary N) is 2. The van der Waals surface area contributed by atoms with Crippen molar-refractivity contribution >= 4 is 39.3 Å². The van der Waals surface area contributed by atoms with Crippen LogP contribution >= 0.6 is 11.6 Å². The van der Waals surface area contributed by atoms with Crippen molar-refractivity contribution in [1.29, 1.82) is 0 Å². The second-order valence-electron chi connectivity index (χ2n) is 6.47. The lowest BCUT2D eigenvalue weighted by Crippen LogP contribution is -2.33. The second-order valence-corrected chi connectivity index (χ2v) is 6.91. The highest BCUT2D eigenvalue weighted by Gasteiger charge is 2.12. The molecular formula is C20H17ClN4O2. The summed E-state index contributed by atoms with van der Waals surface area (Å²) >= 11 is 5.85. The van der Waals surface area contributed by atoms with Crippen molar-refractivity contribution in [1.82, 2.24) is 20.1 Å². The summed E-state index contributed by atoms with van der Waals surface area (Å²) in [4.78, 5) is 28.0. The first-order valence-electron chi connectivity index (χ1n) is 8.50. The van der Waals surface area contributed by atoms with Gasteiger partial charge in [-0.05, 0) is 36.8 Å². The zero-order valence-electron chi connectivity index (χ0n) is 14.6. The summed E-state index contributed by atoms with van der Waals surface area (Å²) in [7, 11) is 0. The van der Waals surface area contributed by atoms with Crippen LogP contribution in [0.15, 0.2) is 53.5 Å². The largest absolute Gasteiger partial charge is 0.350 e. The summed E-state index contributed by atoms with van der Waals surface area (Å²) in [6.45, 7) is 2.22. The first kappa shape index (κ1) is 17.3. The molecule has 0 aliphatic carbocycles. The summed E-state index contributed by atoms with van der Waals surface area (Å²) in [5.74, 6) is -0.286. The zero-order valence-corrected chi connectivity index (χ0v) is 15.4. The SMILES string of the molecule is Cc1ccc2[nH]c3c(=O)n(CC(=O)NCc4ccc(Cl)cc4)ncc3c2c1. The third-order valence-electron chi connectivity index (χ3n) is 4.47. The molecule has 0 aliphatic heterocycles. The zero-order chi connectivity index (χ0) is 19.0. The highest BCUT2D eigenvalue weighted by atomic mass is 35.5. The van der Waals surface area contributed by atoms with E-state index in [0.717, 1.165) is 27.4 Å². The van der Waals surface area contributed by atoms with E-state index in [-0.39, 0.29) is 18.0 Å². The molecule has 27 heavy (non-hydrogen) atoms. The summed E-state index contributed by atoms with van der Waals surface area (Å²) in [6, 6.07) is 13.1. The minimum absolute atomic E-state index is 0.142. The van der Waals surface area contributed by atoms with E-state index < -0.39 is 0 Å². The molecule has 6 nitrogen and oxygen atoms in total. The summed E-state index contributed by atoms with van der Waals surface area (Å²) in [5, 5.41) is 9.31. The molecule has 0 fully saturated rings. The lowest BCUT2D eigenvalue weighted by atomic mass is 10.1. The summed E-state index contributed by atoms with van der Waals surface area (Å²) < 4.78 is 1.17. The Balaban J connectivity index is 1.55. The van der Waals surface area contributed by atoms with Crippen molar-refractivity contribution < 1.29 is 4.79 Å². The Labute approximate surface area is 159 Å². The second kappa shape index (κ2) is 6.89. The van der Waals surface area contributed by atoms with Gasteiger partial charge in [-0.2, -0.15) is 5.10 Å². The van der Waals surface area contributed by atoms with E-state index in [2.05, 4.69) is 15.4 Å². The Hall–Kier alpha value is -3.12. The molecule has 2 N–H and O–H groups in total. The van der Waals surface area contributed by atoms with Gasteiger partial charge in [0, 0.05) is 27.9 Å². The van der Waals surface area contributed by atoms with Gasteiger partial charge in [-0.25, -0.2) is 4.68 Å². The van der Waals surface area contributed by atoms with Crippen LogP contribution in [-0.4, -0.2) is 20.7 Å². The molecule has 0 saturated heterocycles. The number of aryl methyl sites for hydroxylation is 1. The topological polar surface area (TPSA) is 79.8 Å². The number of hydrogen-bond donors (Lipinski definition) is 2. The number of nitrogens with zero attached hydrogens (tertiary/aromatic N) is 2. The third-order valence-corrected chi connectivity index (χ3v) is 4.72. The average molecular weight is 381 g/mol. The third kappa shape index (κ3) is 3.44. The number of aromatic amines is 1. The van der Waals surface area contributed by atoms with Gasteiger partial charge in [-0.15, -0.1) is 0 Å². The first-order chi connectivity index (χ1) is 13.0. The van der Waals surface area contributed by atoms with Gasteiger partial charge >= 0.3 is 0 Å². The minimum atomic E-state index is -0.317. The Morgan fingerprint density at radius 3 is 2.74 bits per heavy atom. The summed E-state index contributed by atoms with van der Waals surface area (Å²) in [6.07, 6.45) is 1.63. The molecule has 0 bridgehead atoms. The molecule has 0 radical (unpaired) electrons. The van der Waals surface area contributed by atoms with Crippen LogP contribution in [0.25, 0.3) is 21.8 Å². The fourth-order valence-corrected chi connectivity index (χ4v) is 3.17. The van der Waals surface area contributed by atoms with E-state index in [1.54, 1.807) is 18.3 Å². The maximum Gasteiger partial charge on any atom is 0.291 e. The molecule has 4 aromatic rings. The maximum atomic E-state index is 12.7. The number of carbonyl (C=O) groups is 1. The fourth-order valence-electron chi connectivity index (χ4n) is 3.05. The molecule has 2 aromatic heterocycles. The van der Waals surface area contributed by atoms with Crippen molar-refractivity contribution in [3.8, 4) is 0 Å². The van der Waals surface area contributed by atoms with E-state index in [4.69, 9.17) is 11.6 Å². The molecule has 4 rings (SSSR count). The Morgan fingerprint density at radius 2 is 1.96 bits per heavy atom. The molecule has 2 heterocycles. The number of amides is 1. The van der Waals surface area contributed by atoms with Gasteiger partial charge in [-0.1, -0.05) is 35.4 Å². The van der Waals surface area contributed by atoms with Crippen LogP contribution in [0.4, 0.5) is 0 Å². The van der Waals surface area contributed by atoms with Gasteiger partial charge < -0.3 is 10.3 Å². The standard InChI is InChI=1S/C20H17ClN4O2/c1-12-2-7-17-15(8-12)16-10-23-25(20(27)19(16)24-17)11-18(26)22-9-13-3-5-14(21)6-4-13/h2-8,10,24H,9,11H2,1H3,(H,22,26). The average Bonchev–Trinajstić information content (AvgIpc) is 3.02.